The Labute approximate surface area is 104 Å². The first-order chi connectivity index (χ1) is 8.03. The minimum atomic E-state index is -0.341. The molecule has 1 aliphatic carbocycles. The van der Waals surface area contributed by atoms with E-state index in [0.717, 1.165) is 25.9 Å². The van der Waals surface area contributed by atoms with Gasteiger partial charge < -0.3 is 11.5 Å². The lowest BCUT2D eigenvalue weighted by Gasteiger charge is -2.32. The predicted octanol–water partition coefficient (Wildman–Crippen LogP) is 0.844. The van der Waals surface area contributed by atoms with E-state index in [1.165, 1.54) is 25.7 Å². The van der Waals surface area contributed by atoms with Crippen LogP contribution in [-0.2, 0) is 4.79 Å². The highest BCUT2D eigenvalue weighted by Gasteiger charge is 2.42. The van der Waals surface area contributed by atoms with Crippen LogP contribution in [0.25, 0.3) is 0 Å². The van der Waals surface area contributed by atoms with Crippen molar-refractivity contribution in [2.45, 2.75) is 57.5 Å². The molecule has 0 aromatic heterocycles. The third kappa shape index (κ3) is 2.63. The van der Waals surface area contributed by atoms with Gasteiger partial charge in [0.15, 0.2) is 0 Å². The molecule has 1 amide bonds. The van der Waals surface area contributed by atoms with Crippen LogP contribution in [0.5, 0.6) is 0 Å². The van der Waals surface area contributed by atoms with Gasteiger partial charge in [0.2, 0.25) is 5.91 Å². The Kier molecular flexibility index (Phi) is 3.73. The van der Waals surface area contributed by atoms with Crippen LogP contribution in [0.15, 0.2) is 0 Å². The molecule has 0 radical (unpaired) electrons. The van der Waals surface area contributed by atoms with Gasteiger partial charge in [-0.1, -0.05) is 19.3 Å². The first kappa shape index (κ1) is 12.8. The standard InChI is InChI=1S/C13H25N3O/c1-13(12(15)17)7-8-16(9-13)11-6-4-2-3-5-10(11)14/h10-11H,2-9,14H2,1H3,(H2,15,17). The van der Waals surface area contributed by atoms with Gasteiger partial charge in [0.1, 0.15) is 0 Å². The molecule has 4 heteroatoms. The van der Waals surface area contributed by atoms with Gasteiger partial charge in [0, 0.05) is 18.6 Å². The molecule has 0 aromatic rings. The number of nitrogens with zero attached hydrogens (tertiary/aromatic N) is 1. The van der Waals surface area contributed by atoms with Crippen LogP contribution in [0.3, 0.4) is 0 Å². The van der Waals surface area contributed by atoms with Crippen molar-refractivity contribution in [3.8, 4) is 0 Å². The third-order valence-corrected chi connectivity index (χ3v) is 4.60. The average Bonchev–Trinajstić information content (AvgIpc) is 2.54. The van der Waals surface area contributed by atoms with Gasteiger partial charge in [0.05, 0.1) is 5.41 Å². The summed E-state index contributed by atoms with van der Waals surface area (Å²) in [5.41, 5.74) is 11.4. The fourth-order valence-electron chi connectivity index (χ4n) is 3.25. The van der Waals surface area contributed by atoms with E-state index in [1.807, 2.05) is 6.92 Å². The number of hydrogen-bond donors (Lipinski definition) is 2. The van der Waals surface area contributed by atoms with E-state index in [4.69, 9.17) is 11.5 Å². The zero-order valence-electron chi connectivity index (χ0n) is 10.8. The van der Waals surface area contributed by atoms with E-state index in [9.17, 15) is 4.79 Å². The molecule has 1 saturated heterocycles. The lowest BCUT2D eigenvalue weighted by Crippen LogP contribution is -2.48. The number of nitrogens with two attached hydrogens (primary N) is 2. The number of hydrogen-bond acceptors (Lipinski definition) is 3. The van der Waals surface area contributed by atoms with Gasteiger partial charge >= 0.3 is 0 Å². The maximum absolute atomic E-state index is 11.5. The van der Waals surface area contributed by atoms with Crippen molar-refractivity contribution in [2.24, 2.45) is 16.9 Å². The van der Waals surface area contributed by atoms with Crippen molar-refractivity contribution in [3.63, 3.8) is 0 Å². The molecule has 1 aliphatic heterocycles. The molecular formula is C13H25N3O. The zero-order valence-corrected chi connectivity index (χ0v) is 10.8. The molecule has 3 atom stereocenters. The Hall–Kier alpha value is -0.610. The highest BCUT2D eigenvalue weighted by atomic mass is 16.1. The summed E-state index contributed by atoms with van der Waals surface area (Å²) in [4.78, 5) is 13.9. The minimum absolute atomic E-state index is 0.165. The molecule has 3 unspecified atom stereocenters. The van der Waals surface area contributed by atoms with Crippen molar-refractivity contribution in [2.75, 3.05) is 13.1 Å². The van der Waals surface area contributed by atoms with Crippen LogP contribution >= 0.6 is 0 Å². The second-order valence-corrected chi connectivity index (χ2v) is 6.01. The van der Waals surface area contributed by atoms with E-state index in [-0.39, 0.29) is 17.4 Å². The third-order valence-electron chi connectivity index (χ3n) is 4.60. The van der Waals surface area contributed by atoms with Gasteiger partial charge in [-0.2, -0.15) is 0 Å². The Morgan fingerprint density at radius 2 is 2.00 bits per heavy atom. The zero-order chi connectivity index (χ0) is 12.5. The number of amides is 1. The molecule has 1 heterocycles. The van der Waals surface area contributed by atoms with Crippen LogP contribution in [0.2, 0.25) is 0 Å². The van der Waals surface area contributed by atoms with Crippen LogP contribution in [0.1, 0.15) is 45.4 Å². The summed E-state index contributed by atoms with van der Waals surface area (Å²) in [6, 6.07) is 0.728. The number of likely N-dealkylation sites (tertiary alicyclic amines) is 1. The fourth-order valence-corrected chi connectivity index (χ4v) is 3.25. The van der Waals surface area contributed by atoms with Crippen molar-refractivity contribution >= 4 is 5.91 Å². The highest BCUT2D eigenvalue weighted by Crippen LogP contribution is 2.33. The summed E-state index contributed by atoms with van der Waals surface area (Å²) < 4.78 is 0. The largest absolute Gasteiger partial charge is 0.369 e. The van der Waals surface area contributed by atoms with Gasteiger partial charge in [-0.25, -0.2) is 0 Å². The fraction of sp³-hybridized carbons (Fsp3) is 0.923. The Morgan fingerprint density at radius 3 is 2.65 bits per heavy atom. The molecule has 4 N–H and O–H groups in total. The van der Waals surface area contributed by atoms with Crippen LogP contribution < -0.4 is 11.5 Å². The molecule has 0 aromatic carbocycles. The topological polar surface area (TPSA) is 72.4 Å². The Bertz CT molecular complexity index is 294. The summed E-state index contributed by atoms with van der Waals surface area (Å²) in [5.74, 6) is -0.165. The lowest BCUT2D eigenvalue weighted by atomic mass is 9.89. The van der Waals surface area contributed by atoms with Crippen molar-refractivity contribution in [1.29, 1.82) is 0 Å². The van der Waals surface area contributed by atoms with Gasteiger partial charge in [-0.3, -0.25) is 9.69 Å². The van der Waals surface area contributed by atoms with Gasteiger partial charge in [-0.05, 0) is 32.7 Å². The maximum Gasteiger partial charge on any atom is 0.224 e. The normalized spacial score (nSPS) is 40.1. The number of primary amides is 1. The Balaban J connectivity index is 2.01. The number of carbonyl (C=O) groups excluding carboxylic acids is 1. The van der Waals surface area contributed by atoms with Crippen molar-refractivity contribution in [1.82, 2.24) is 4.90 Å². The maximum atomic E-state index is 11.5. The summed E-state index contributed by atoms with van der Waals surface area (Å²) in [5, 5.41) is 0. The number of rotatable bonds is 2. The van der Waals surface area contributed by atoms with Gasteiger partial charge in [-0.15, -0.1) is 0 Å². The summed E-state index contributed by atoms with van der Waals surface area (Å²) >= 11 is 0. The van der Waals surface area contributed by atoms with Crippen LogP contribution in [0.4, 0.5) is 0 Å². The summed E-state index contributed by atoms with van der Waals surface area (Å²) in [6.07, 6.45) is 6.99. The van der Waals surface area contributed by atoms with E-state index in [0.29, 0.717) is 6.04 Å². The molecule has 4 nitrogen and oxygen atoms in total. The highest BCUT2D eigenvalue weighted by molar-refractivity contribution is 5.81. The van der Waals surface area contributed by atoms with E-state index in [2.05, 4.69) is 4.90 Å². The molecule has 17 heavy (non-hydrogen) atoms. The summed E-state index contributed by atoms with van der Waals surface area (Å²) in [7, 11) is 0. The van der Waals surface area contributed by atoms with Gasteiger partial charge in [0.25, 0.3) is 0 Å². The minimum Gasteiger partial charge on any atom is -0.369 e. The molecule has 98 valence electrons. The van der Waals surface area contributed by atoms with E-state index < -0.39 is 0 Å². The van der Waals surface area contributed by atoms with Crippen molar-refractivity contribution < 1.29 is 4.79 Å². The second kappa shape index (κ2) is 4.94. The molecule has 2 fully saturated rings. The van der Waals surface area contributed by atoms with Crippen molar-refractivity contribution in [3.05, 3.63) is 0 Å². The van der Waals surface area contributed by atoms with E-state index >= 15 is 0 Å². The molecule has 2 rings (SSSR count). The first-order valence-electron chi connectivity index (χ1n) is 6.82. The first-order valence-corrected chi connectivity index (χ1v) is 6.82. The monoisotopic (exact) mass is 239 g/mol. The van der Waals surface area contributed by atoms with Crippen LogP contribution in [0, 0.1) is 5.41 Å². The number of carbonyl (C=O) groups is 1. The predicted molar refractivity (Wildman–Crippen MR) is 68.3 cm³/mol. The molecule has 0 spiro atoms. The SMILES string of the molecule is CC1(C(N)=O)CCN(C2CCCCCC2N)C1. The average molecular weight is 239 g/mol. The lowest BCUT2D eigenvalue weighted by molar-refractivity contribution is -0.126. The second-order valence-electron chi connectivity index (χ2n) is 6.01. The molecule has 1 saturated carbocycles. The summed E-state index contributed by atoms with van der Waals surface area (Å²) in [6.45, 7) is 3.75. The quantitative estimate of drug-likeness (QED) is 0.702. The van der Waals surface area contributed by atoms with Crippen LogP contribution in [-0.4, -0.2) is 36.0 Å². The van der Waals surface area contributed by atoms with E-state index in [1.54, 1.807) is 0 Å². The molecule has 0 bridgehead atoms. The smallest absolute Gasteiger partial charge is 0.224 e. The Morgan fingerprint density at radius 1 is 1.29 bits per heavy atom. The molecular weight excluding hydrogens is 214 g/mol. The molecule has 2 aliphatic rings.